The van der Waals surface area contributed by atoms with Gasteiger partial charge in [0.15, 0.2) is 0 Å². The van der Waals surface area contributed by atoms with E-state index >= 15 is 0 Å². The summed E-state index contributed by atoms with van der Waals surface area (Å²) < 4.78 is 0. The number of rotatable bonds is 3. The Morgan fingerprint density at radius 2 is 1.75 bits per heavy atom. The fraction of sp³-hybridized carbons (Fsp3) is 0.800. The quantitative estimate of drug-likeness (QED) is 0.602. The van der Waals surface area contributed by atoms with E-state index in [0.717, 1.165) is 38.3 Å². The van der Waals surface area contributed by atoms with Crippen LogP contribution >= 0.6 is 0 Å². The summed E-state index contributed by atoms with van der Waals surface area (Å²) >= 11 is 0. The van der Waals surface area contributed by atoms with Crippen molar-refractivity contribution in [2.45, 2.75) is 32.6 Å². The lowest BCUT2D eigenvalue weighted by molar-refractivity contribution is -0.113. The van der Waals surface area contributed by atoms with Crippen molar-refractivity contribution in [3.05, 3.63) is 0 Å². The molecule has 0 N–H and O–H groups in total. The highest BCUT2D eigenvalue weighted by Gasteiger charge is 2.24. The summed E-state index contributed by atoms with van der Waals surface area (Å²) in [5.41, 5.74) is 0. The van der Waals surface area contributed by atoms with Gasteiger partial charge in [0, 0.05) is 11.8 Å². The van der Waals surface area contributed by atoms with Gasteiger partial charge in [0.25, 0.3) is 0 Å². The van der Waals surface area contributed by atoms with Crippen molar-refractivity contribution < 1.29 is 9.59 Å². The summed E-state index contributed by atoms with van der Waals surface area (Å²) in [7, 11) is 0. The van der Waals surface area contributed by atoms with Crippen molar-refractivity contribution in [3.8, 4) is 0 Å². The second kappa shape index (κ2) is 4.39. The minimum atomic E-state index is 0.178. The van der Waals surface area contributed by atoms with Crippen LogP contribution in [-0.2, 0) is 9.59 Å². The molecular formula is C10H16O2. The average Bonchev–Trinajstić information content (AvgIpc) is 2.17. The molecule has 1 saturated carbocycles. The topological polar surface area (TPSA) is 34.1 Å². The maximum atomic E-state index is 10.5. The first-order chi connectivity index (χ1) is 5.77. The van der Waals surface area contributed by atoms with Crippen LogP contribution in [-0.4, -0.2) is 12.6 Å². The lowest BCUT2D eigenvalue weighted by atomic mass is 9.77. The molecule has 0 radical (unpaired) electrons. The molecule has 2 heteroatoms. The number of carbonyl (C=O) groups excluding carboxylic acids is 2. The number of hydrogen-bond acceptors (Lipinski definition) is 2. The second-order valence-corrected chi connectivity index (χ2v) is 3.81. The molecule has 0 saturated heterocycles. The van der Waals surface area contributed by atoms with E-state index in [-0.39, 0.29) is 11.8 Å². The van der Waals surface area contributed by atoms with Gasteiger partial charge in [-0.2, -0.15) is 0 Å². The first kappa shape index (κ1) is 9.43. The Kier molecular flexibility index (Phi) is 3.45. The summed E-state index contributed by atoms with van der Waals surface area (Å²) in [5.74, 6) is 0.969. The molecule has 1 atom stereocenters. The van der Waals surface area contributed by atoms with Crippen LogP contribution in [0.2, 0.25) is 0 Å². The minimum Gasteiger partial charge on any atom is -0.303 e. The molecular weight excluding hydrogens is 152 g/mol. The van der Waals surface area contributed by atoms with E-state index in [2.05, 4.69) is 0 Å². The molecule has 0 amide bonds. The molecule has 0 bridgehead atoms. The lowest BCUT2D eigenvalue weighted by Gasteiger charge is -2.27. The molecule has 0 aliphatic heterocycles. The molecule has 1 fully saturated rings. The molecule has 0 aromatic rings. The van der Waals surface area contributed by atoms with E-state index in [0.29, 0.717) is 5.92 Å². The van der Waals surface area contributed by atoms with E-state index < -0.39 is 0 Å². The summed E-state index contributed by atoms with van der Waals surface area (Å²) in [6.45, 7) is 1.97. The van der Waals surface area contributed by atoms with Gasteiger partial charge in [0.1, 0.15) is 12.6 Å². The third-order valence-corrected chi connectivity index (χ3v) is 2.97. The van der Waals surface area contributed by atoms with Gasteiger partial charge in [0.05, 0.1) is 0 Å². The molecule has 0 aromatic carbocycles. The Morgan fingerprint density at radius 3 is 2.17 bits per heavy atom. The number of hydrogen-bond donors (Lipinski definition) is 0. The van der Waals surface area contributed by atoms with Crippen LogP contribution in [0.4, 0.5) is 0 Å². The highest BCUT2D eigenvalue weighted by molar-refractivity contribution is 5.55. The molecule has 1 unspecified atom stereocenters. The van der Waals surface area contributed by atoms with Crippen LogP contribution < -0.4 is 0 Å². The molecule has 0 heterocycles. The van der Waals surface area contributed by atoms with E-state index in [9.17, 15) is 9.59 Å². The second-order valence-electron chi connectivity index (χ2n) is 3.81. The molecule has 0 spiro atoms. The summed E-state index contributed by atoms with van der Waals surface area (Å²) in [6.07, 6.45) is 6.14. The van der Waals surface area contributed by atoms with Crippen LogP contribution in [0.3, 0.4) is 0 Å². The number of aldehydes is 2. The first-order valence-electron chi connectivity index (χ1n) is 4.68. The molecule has 12 heavy (non-hydrogen) atoms. The Labute approximate surface area is 73.3 Å². The smallest absolute Gasteiger partial charge is 0.123 e. The zero-order chi connectivity index (χ0) is 8.97. The van der Waals surface area contributed by atoms with Crippen LogP contribution in [0.15, 0.2) is 0 Å². The van der Waals surface area contributed by atoms with Crippen molar-refractivity contribution in [3.63, 3.8) is 0 Å². The van der Waals surface area contributed by atoms with Gasteiger partial charge in [-0.15, -0.1) is 0 Å². The Morgan fingerprint density at radius 1 is 1.17 bits per heavy atom. The van der Waals surface area contributed by atoms with Crippen LogP contribution in [0.1, 0.15) is 32.6 Å². The molecule has 0 aromatic heterocycles. The SMILES string of the molecule is CC(C=O)C1CCC(C=O)CC1. The fourth-order valence-electron chi connectivity index (χ4n) is 1.92. The van der Waals surface area contributed by atoms with Crippen molar-refractivity contribution in [1.29, 1.82) is 0 Å². The zero-order valence-electron chi connectivity index (χ0n) is 7.53. The molecule has 1 rings (SSSR count). The van der Waals surface area contributed by atoms with Crippen LogP contribution in [0, 0.1) is 17.8 Å². The fourth-order valence-corrected chi connectivity index (χ4v) is 1.92. The standard InChI is InChI=1S/C10H16O2/c1-8(6-11)10-4-2-9(7-12)3-5-10/h6-10H,2-5H2,1H3. The van der Waals surface area contributed by atoms with Gasteiger partial charge in [-0.3, -0.25) is 0 Å². The maximum Gasteiger partial charge on any atom is 0.123 e. The summed E-state index contributed by atoms with van der Waals surface area (Å²) in [5, 5.41) is 0. The predicted molar refractivity (Wildman–Crippen MR) is 46.7 cm³/mol. The van der Waals surface area contributed by atoms with Crippen molar-refractivity contribution in [2.75, 3.05) is 0 Å². The first-order valence-corrected chi connectivity index (χ1v) is 4.68. The van der Waals surface area contributed by atoms with Gasteiger partial charge in [-0.25, -0.2) is 0 Å². The third-order valence-electron chi connectivity index (χ3n) is 2.97. The van der Waals surface area contributed by atoms with Gasteiger partial charge < -0.3 is 9.59 Å². The largest absolute Gasteiger partial charge is 0.303 e. The molecule has 68 valence electrons. The zero-order valence-corrected chi connectivity index (χ0v) is 7.53. The van der Waals surface area contributed by atoms with Gasteiger partial charge in [-0.05, 0) is 31.6 Å². The van der Waals surface area contributed by atoms with Crippen molar-refractivity contribution >= 4 is 12.6 Å². The van der Waals surface area contributed by atoms with E-state index in [1.807, 2.05) is 6.92 Å². The highest BCUT2D eigenvalue weighted by Crippen LogP contribution is 2.31. The van der Waals surface area contributed by atoms with E-state index in [1.165, 1.54) is 0 Å². The maximum absolute atomic E-state index is 10.5. The third kappa shape index (κ3) is 2.16. The average molecular weight is 168 g/mol. The van der Waals surface area contributed by atoms with Gasteiger partial charge in [0.2, 0.25) is 0 Å². The van der Waals surface area contributed by atoms with E-state index in [1.54, 1.807) is 0 Å². The lowest BCUT2D eigenvalue weighted by Crippen LogP contribution is -2.21. The normalized spacial score (nSPS) is 32.4. The highest BCUT2D eigenvalue weighted by atomic mass is 16.1. The van der Waals surface area contributed by atoms with Crippen LogP contribution in [0.25, 0.3) is 0 Å². The van der Waals surface area contributed by atoms with Crippen LogP contribution in [0.5, 0.6) is 0 Å². The van der Waals surface area contributed by atoms with Crippen molar-refractivity contribution in [2.24, 2.45) is 17.8 Å². The summed E-state index contributed by atoms with van der Waals surface area (Å²) in [6, 6.07) is 0. The minimum absolute atomic E-state index is 0.178. The van der Waals surface area contributed by atoms with Gasteiger partial charge in [-0.1, -0.05) is 6.92 Å². The number of carbonyl (C=O) groups is 2. The Balaban J connectivity index is 2.34. The Hall–Kier alpha value is -0.660. The summed E-state index contributed by atoms with van der Waals surface area (Å²) in [4.78, 5) is 20.9. The Bertz CT molecular complexity index is 157. The molecule has 1 aliphatic carbocycles. The van der Waals surface area contributed by atoms with Crippen molar-refractivity contribution in [1.82, 2.24) is 0 Å². The predicted octanol–water partition coefficient (Wildman–Crippen LogP) is 1.83. The van der Waals surface area contributed by atoms with Gasteiger partial charge >= 0.3 is 0 Å². The van der Waals surface area contributed by atoms with E-state index in [4.69, 9.17) is 0 Å². The monoisotopic (exact) mass is 168 g/mol. The molecule has 2 nitrogen and oxygen atoms in total. The molecule has 1 aliphatic rings.